The molecule has 1 fully saturated rings. The molecule has 126 valence electrons. The average Bonchev–Trinajstić information content (AvgIpc) is 2.90. The predicted molar refractivity (Wildman–Crippen MR) is 89.1 cm³/mol. The number of rotatable bonds is 5. The molecule has 6 heteroatoms. The Kier molecular flexibility index (Phi) is 6.02. The van der Waals surface area contributed by atoms with Gasteiger partial charge in [-0.25, -0.2) is 0 Å². The van der Waals surface area contributed by atoms with Crippen LogP contribution in [-0.2, 0) is 16.0 Å². The summed E-state index contributed by atoms with van der Waals surface area (Å²) in [5.74, 6) is -0.698. The quantitative estimate of drug-likeness (QED) is 0.857. The maximum atomic E-state index is 12.2. The summed E-state index contributed by atoms with van der Waals surface area (Å²) in [6.45, 7) is 1.98. The molecule has 0 aromatic heterocycles. The summed E-state index contributed by atoms with van der Waals surface area (Å²) < 4.78 is 0. The van der Waals surface area contributed by atoms with Crippen molar-refractivity contribution in [3.63, 3.8) is 0 Å². The summed E-state index contributed by atoms with van der Waals surface area (Å²) in [5.41, 5.74) is 1.09. The number of halogens is 1. The van der Waals surface area contributed by atoms with Gasteiger partial charge in [0.15, 0.2) is 0 Å². The van der Waals surface area contributed by atoms with Crippen LogP contribution in [0.4, 0.5) is 0 Å². The zero-order chi connectivity index (χ0) is 17.0. The Morgan fingerprint density at radius 1 is 1.30 bits per heavy atom. The highest BCUT2D eigenvalue weighted by molar-refractivity contribution is 6.30. The molecule has 0 heterocycles. The van der Waals surface area contributed by atoms with E-state index in [1.54, 1.807) is 7.05 Å². The molecular formula is C17H23ClN2O3. The molecule has 0 radical (unpaired) electrons. The van der Waals surface area contributed by atoms with E-state index >= 15 is 0 Å². The van der Waals surface area contributed by atoms with Crippen molar-refractivity contribution < 1.29 is 14.7 Å². The second-order valence-electron chi connectivity index (χ2n) is 6.04. The Bertz CT molecular complexity index is 561. The molecule has 1 aliphatic carbocycles. The van der Waals surface area contributed by atoms with E-state index in [4.69, 9.17) is 11.6 Å². The van der Waals surface area contributed by atoms with E-state index in [-0.39, 0.29) is 17.9 Å². The largest absolute Gasteiger partial charge is 0.390 e. The maximum Gasteiger partial charge on any atom is 0.225 e. The van der Waals surface area contributed by atoms with Crippen molar-refractivity contribution in [1.29, 1.82) is 0 Å². The van der Waals surface area contributed by atoms with Crippen LogP contribution in [-0.4, -0.2) is 47.6 Å². The van der Waals surface area contributed by atoms with Crippen molar-refractivity contribution in [3.05, 3.63) is 34.9 Å². The minimum absolute atomic E-state index is 0.0992. The molecule has 2 N–H and O–H groups in total. The van der Waals surface area contributed by atoms with Crippen LogP contribution in [0.1, 0.15) is 25.3 Å². The zero-order valence-electron chi connectivity index (χ0n) is 13.5. The third-order valence-corrected chi connectivity index (χ3v) is 4.79. The molecule has 1 aliphatic rings. The van der Waals surface area contributed by atoms with Gasteiger partial charge in [-0.05, 0) is 37.0 Å². The van der Waals surface area contributed by atoms with Gasteiger partial charge in [0.2, 0.25) is 11.8 Å². The van der Waals surface area contributed by atoms with Crippen LogP contribution in [0.5, 0.6) is 0 Å². The zero-order valence-corrected chi connectivity index (χ0v) is 14.2. The van der Waals surface area contributed by atoms with Gasteiger partial charge in [0.1, 0.15) is 0 Å². The van der Waals surface area contributed by atoms with E-state index in [1.165, 1.54) is 11.8 Å². The summed E-state index contributed by atoms with van der Waals surface area (Å²) >= 11 is 5.83. The SMILES string of the molecule is CC(=O)N(C)[C@@H]1CC[C@@H](C(=O)NCCc2ccc(Cl)cc2)[C@@H]1O. The van der Waals surface area contributed by atoms with E-state index in [1.807, 2.05) is 24.3 Å². The number of benzene rings is 1. The minimum atomic E-state index is -0.806. The van der Waals surface area contributed by atoms with Gasteiger partial charge in [0.05, 0.1) is 18.1 Å². The van der Waals surface area contributed by atoms with Gasteiger partial charge >= 0.3 is 0 Å². The summed E-state index contributed by atoms with van der Waals surface area (Å²) in [6, 6.07) is 7.22. The molecule has 2 amide bonds. The number of amides is 2. The highest BCUT2D eigenvalue weighted by Gasteiger charge is 2.41. The number of aliphatic hydroxyl groups excluding tert-OH is 1. The first-order chi connectivity index (χ1) is 10.9. The first-order valence-corrected chi connectivity index (χ1v) is 8.21. The number of likely N-dealkylation sites (N-methyl/N-ethyl adjacent to an activating group) is 1. The Balaban J connectivity index is 1.82. The van der Waals surface area contributed by atoms with Gasteiger partial charge in [-0.15, -0.1) is 0 Å². The van der Waals surface area contributed by atoms with Crippen LogP contribution in [0.25, 0.3) is 0 Å². The second-order valence-corrected chi connectivity index (χ2v) is 6.48. The van der Waals surface area contributed by atoms with E-state index in [2.05, 4.69) is 5.32 Å². The van der Waals surface area contributed by atoms with E-state index < -0.39 is 12.0 Å². The van der Waals surface area contributed by atoms with Gasteiger partial charge in [-0.1, -0.05) is 23.7 Å². The molecule has 5 nitrogen and oxygen atoms in total. The standard InChI is InChI=1S/C17H23ClN2O3/c1-11(21)20(2)15-8-7-14(16(15)22)17(23)19-10-9-12-3-5-13(18)6-4-12/h3-6,14-16,22H,7-10H2,1-2H3,(H,19,23)/t14-,15-,16+/m1/s1. The molecule has 23 heavy (non-hydrogen) atoms. The van der Waals surface area contributed by atoms with E-state index in [0.29, 0.717) is 30.8 Å². The third-order valence-electron chi connectivity index (χ3n) is 4.54. The molecule has 3 atom stereocenters. The molecule has 2 rings (SSSR count). The second kappa shape index (κ2) is 7.79. The molecular weight excluding hydrogens is 316 g/mol. The van der Waals surface area contributed by atoms with Crippen molar-refractivity contribution in [3.8, 4) is 0 Å². The molecule has 0 aliphatic heterocycles. The first kappa shape index (κ1) is 17.8. The summed E-state index contributed by atoms with van der Waals surface area (Å²) in [5, 5.41) is 13.9. The summed E-state index contributed by atoms with van der Waals surface area (Å²) in [6.07, 6.45) is 1.14. The van der Waals surface area contributed by atoms with Crippen molar-refractivity contribution >= 4 is 23.4 Å². The highest BCUT2D eigenvalue weighted by atomic mass is 35.5. The number of nitrogens with zero attached hydrogens (tertiary/aromatic N) is 1. The van der Waals surface area contributed by atoms with E-state index in [0.717, 1.165) is 5.56 Å². The number of carbonyl (C=O) groups excluding carboxylic acids is 2. The fourth-order valence-corrected chi connectivity index (χ4v) is 3.14. The van der Waals surface area contributed by atoms with Crippen LogP contribution in [0.15, 0.2) is 24.3 Å². The van der Waals surface area contributed by atoms with E-state index in [9.17, 15) is 14.7 Å². The molecule has 0 unspecified atom stereocenters. The average molecular weight is 339 g/mol. The van der Waals surface area contributed by atoms with Crippen molar-refractivity contribution in [1.82, 2.24) is 10.2 Å². The Morgan fingerprint density at radius 2 is 1.96 bits per heavy atom. The van der Waals surface area contributed by atoms with Crippen molar-refractivity contribution in [2.24, 2.45) is 5.92 Å². The lowest BCUT2D eigenvalue weighted by Crippen LogP contribution is -2.45. The van der Waals surface area contributed by atoms with Gasteiger partial charge in [-0.2, -0.15) is 0 Å². The maximum absolute atomic E-state index is 12.2. The number of hydrogen-bond acceptors (Lipinski definition) is 3. The first-order valence-electron chi connectivity index (χ1n) is 7.83. The van der Waals surface area contributed by atoms with Crippen LogP contribution in [0.2, 0.25) is 5.02 Å². The Hall–Kier alpha value is -1.59. The Morgan fingerprint density at radius 3 is 2.57 bits per heavy atom. The van der Waals surface area contributed by atoms with Crippen LogP contribution < -0.4 is 5.32 Å². The van der Waals surface area contributed by atoms with Gasteiger partial charge in [-0.3, -0.25) is 9.59 Å². The third kappa shape index (κ3) is 4.45. The molecule has 0 bridgehead atoms. The van der Waals surface area contributed by atoms with Crippen LogP contribution in [0.3, 0.4) is 0 Å². The fourth-order valence-electron chi connectivity index (χ4n) is 3.01. The molecule has 1 saturated carbocycles. The number of aliphatic hydroxyl groups is 1. The monoisotopic (exact) mass is 338 g/mol. The lowest BCUT2D eigenvalue weighted by Gasteiger charge is -2.27. The lowest BCUT2D eigenvalue weighted by molar-refractivity contribution is -0.134. The smallest absolute Gasteiger partial charge is 0.225 e. The van der Waals surface area contributed by atoms with Gasteiger partial charge in [0, 0.05) is 25.5 Å². The molecule has 0 spiro atoms. The predicted octanol–water partition coefficient (Wildman–Crippen LogP) is 1.62. The molecule has 1 aromatic rings. The number of carbonyl (C=O) groups is 2. The minimum Gasteiger partial charge on any atom is -0.390 e. The topological polar surface area (TPSA) is 69.6 Å². The lowest BCUT2D eigenvalue weighted by atomic mass is 10.0. The van der Waals surface area contributed by atoms with Crippen molar-refractivity contribution in [2.45, 2.75) is 38.3 Å². The highest BCUT2D eigenvalue weighted by Crippen LogP contribution is 2.29. The normalized spacial score (nSPS) is 23.6. The van der Waals surface area contributed by atoms with Gasteiger partial charge in [0.25, 0.3) is 0 Å². The van der Waals surface area contributed by atoms with Crippen LogP contribution in [0, 0.1) is 5.92 Å². The van der Waals surface area contributed by atoms with Crippen LogP contribution >= 0.6 is 11.6 Å². The van der Waals surface area contributed by atoms with Crippen molar-refractivity contribution in [2.75, 3.05) is 13.6 Å². The number of hydrogen-bond donors (Lipinski definition) is 2. The summed E-state index contributed by atoms with van der Waals surface area (Å²) in [4.78, 5) is 25.2. The molecule has 0 saturated heterocycles. The fraction of sp³-hybridized carbons (Fsp3) is 0.529. The van der Waals surface area contributed by atoms with Gasteiger partial charge < -0.3 is 15.3 Å². The number of nitrogens with one attached hydrogen (secondary N) is 1. The summed E-state index contributed by atoms with van der Waals surface area (Å²) in [7, 11) is 1.66. The molecule has 1 aromatic carbocycles. The Labute approximate surface area is 141 Å².